The highest BCUT2D eigenvalue weighted by atomic mass is 15.1. The number of fused-ring (bicyclic) bond motifs is 6. The summed E-state index contributed by atoms with van der Waals surface area (Å²) in [5, 5.41) is 8.49. The molecule has 11 aromatic carbocycles. The SMILES string of the molecule is [2H]c1c([2H])c(N(c2ccccc2)c2cccc(-c3c(-c4ccccc4)c4ccccc4c4ccccc34)c2)c([2H])c([2H])c1-c1c(-c2ccccc2)c2ccccc2c2ccccc12. The summed E-state index contributed by atoms with van der Waals surface area (Å²) < 4.78 is 39.7. The number of nitrogens with zero attached hydrogens (tertiary/aromatic N) is 1. The Labute approximate surface area is 350 Å². The molecule has 0 bridgehead atoms. The van der Waals surface area contributed by atoms with E-state index in [4.69, 9.17) is 0 Å². The summed E-state index contributed by atoms with van der Waals surface area (Å²) in [5.74, 6) is 0. The van der Waals surface area contributed by atoms with Crippen LogP contribution >= 0.6 is 0 Å². The fourth-order valence-electron chi connectivity index (χ4n) is 8.98. The van der Waals surface area contributed by atoms with Crippen molar-refractivity contribution in [1.29, 1.82) is 0 Å². The monoisotopic (exact) mass is 753 g/mol. The van der Waals surface area contributed by atoms with Crippen LogP contribution in [0.25, 0.3) is 87.6 Å². The molecule has 0 spiro atoms. The van der Waals surface area contributed by atoms with Gasteiger partial charge in [-0.05, 0) is 124 Å². The first kappa shape index (κ1) is 30.4. The molecule has 1 nitrogen and oxygen atoms in total. The van der Waals surface area contributed by atoms with Gasteiger partial charge in [0.1, 0.15) is 0 Å². The molecule has 0 aliphatic heterocycles. The van der Waals surface area contributed by atoms with Crippen molar-refractivity contribution in [2.45, 2.75) is 0 Å². The van der Waals surface area contributed by atoms with Crippen LogP contribution in [0.15, 0.2) is 236 Å². The van der Waals surface area contributed by atoms with E-state index in [1.807, 2.05) is 102 Å². The Morgan fingerprint density at radius 2 is 0.559 bits per heavy atom. The molecule has 0 N–H and O–H groups in total. The van der Waals surface area contributed by atoms with Gasteiger partial charge < -0.3 is 4.90 Å². The molecular weight excluding hydrogens is 711 g/mol. The predicted molar refractivity (Wildman–Crippen MR) is 253 cm³/mol. The number of para-hydroxylation sites is 1. The van der Waals surface area contributed by atoms with Gasteiger partial charge in [-0.15, -0.1) is 0 Å². The van der Waals surface area contributed by atoms with E-state index < -0.39 is 0 Å². The molecule has 0 atom stereocenters. The number of rotatable bonds is 7. The van der Waals surface area contributed by atoms with Crippen LogP contribution in [-0.2, 0) is 0 Å². The first-order valence-corrected chi connectivity index (χ1v) is 20.0. The van der Waals surface area contributed by atoms with Crippen molar-refractivity contribution < 1.29 is 5.48 Å². The average molecular weight is 754 g/mol. The Bertz CT molecular complexity index is 3520. The molecule has 276 valence electrons. The van der Waals surface area contributed by atoms with Crippen molar-refractivity contribution in [2.24, 2.45) is 0 Å². The van der Waals surface area contributed by atoms with Crippen LogP contribution in [0.4, 0.5) is 17.1 Å². The molecule has 1 heteroatoms. The lowest BCUT2D eigenvalue weighted by Gasteiger charge is -2.27. The van der Waals surface area contributed by atoms with Crippen molar-refractivity contribution in [3.63, 3.8) is 0 Å². The van der Waals surface area contributed by atoms with E-state index in [0.717, 1.165) is 76.8 Å². The summed E-state index contributed by atoms with van der Waals surface area (Å²) in [7, 11) is 0. The summed E-state index contributed by atoms with van der Waals surface area (Å²) in [6.45, 7) is 0. The van der Waals surface area contributed by atoms with E-state index in [0.29, 0.717) is 11.3 Å². The second-order valence-corrected chi connectivity index (χ2v) is 14.9. The van der Waals surface area contributed by atoms with Crippen LogP contribution in [0, 0.1) is 0 Å². The minimum atomic E-state index is -0.127. The Hall–Kier alpha value is -7.74. The molecule has 11 rings (SSSR count). The van der Waals surface area contributed by atoms with E-state index in [9.17, 15) is 5.48 Å². The molecule has 0 unspecified atom stereocenters. The summed E-state index contributed by atoms with van der Waals surface area (Å²) in [6.07, 6.45) is 0. The number of benzene rings is 11. The zero-order valence-electron chi connectivity index (χ0n) is 36.2. The third-order valence-corrected chi connectivity index (χ3v) is 11.5. The zero-order valence-corrected chi connectivity index (χ0v) is 32.2. The predicted octanol–water partition coefficient (Wildman–Crippen LogP) is 16.4. The maximum absolute atomic E-state index is 9.93. The maximum atomic E-state index is 9.93. The van der Waals surface area contributed by atoms with Gasteiger partial charge in [0, 0.05) is 17.1 Å². The number of anilines is 3. The maximum Gasteiger partial charge on any atom is 0.0645 e. The van der Waals surface area contributed by atoms with Gasteiger partial charge in [-0.3, -0.25) is 0 Å². The summed E-state index contributed by atoms with van der Waals surface area (Å²) >= 11 is 0. The Kier molecular flexibility index (Phi) is 7.55. The van der Waals surface area contributed by atoms with Crippen LogP contribution in [0.1, 0.15) is 5.48 Å². The molecule has 0 aliphatic carbocycles. The second kappa shape index (κ2) is 14.6. The third kappa shape index (κ3) is 5.95. The van der Waals surface area contributed by atoms with Gasteiger partial charge in [0.15, 0.2) is 0 Å². The van der Waals surface area contributed by atoms with Gasteiger partial charge >= 0.3 is 0 Å². The molecule has 0 radical (unpaired) electrons. The normalized spacial score (nSPS) is 12.3. The molecular formula is C58H39N. The first-order valence-electron chi connectivity index (χ1n) is 22.0. The van der Waals surface area contributed by atoms with Gasteiger partial charge in [-0.1, -0.05) is 200 Å². The van der Waals surface area contributed by atoms with Crippen LogP contribution < -0.4 is 4.90 Å². The number of hydrogen-bond donors (Lipinski definition) is 0. The lowest BCUT2D eigenvalue weighted by Crippen LogP contribution is -2.10. The standard InChI is InChI=1S/C58H39N/c1-4-19-40(20-5-1)55-51-31-14-10-27-47(51)48-28-12-16-33-53(48)57(55)42-35-37-45(38-36-42)59(44-24-8-3-9-25-44)46-26-18-23-43(39-46)58-54-34-17-13-30-50(54)49-29-11-15-32-52(49)56(58)41-21-6-2-7-22-41/h1-39H/i35D,36D,37D,38D. The molecule has 59 heavy (non-hydrogen) atoms. The lowest BCUT2D eigenvalue weighted by molar-refractivity contribution is 1.28. The molecule has 0 heterocycles. The summed E-state index contributed by atoms with van der Waals surface area (Å²) in [5.41, 5.74) is 8.65. The fraction of sp³-hybridized carbons (Fsp3) is 0. The highest BCUT2D eigenvalue weighted by molar-refractivity contribution is 6.23. The fourth-order valence-corrected chi connectivity index (χ4v) is 8.98. The number of hydrogen-bond acceptors (Lipinski definition) is 1. The average Bonchev–Trinajstić information content (AvgIpc) is 3.35. The Morgan fingerprint density at radius 3 is 1.00 bits per heavy atom. The van der Waals surface area contributed by atoms with Gasteiger partial charge in [0.05, 0.1) is 5.48 Å². The van der Waals surface area contributed by atoms with Gasteiger partial charge in [-0.2, -0.15) is 0 Å². The summed E-state index contributed by atoms with van der Waals surface area (Å²) in [4.78, 5) is 1.88. The van der Waals surface area contributed by atoms with E-state index >= 15 is 0 Å². The quantitative estimate of drug-likeness (QED) is 0.147. The smallest absolute Gasteiger partial charge is 0.0645 e. The van der Waals surface area contributed by atoms with Crippen LogP contribution in [-0.4, -0.2) is 0 Å². The van der Waals surface area contributed by atoms with Crippen LogP contribution in [0.3, 0.4) is 0 Å². The minimum absolute atomic E-state index is 0.104. The first-order chi connectivity index (χ1) is 31.0. The highest BCUT2D eigenvalue weighted by Gasteiger charge is 2.21. The van der Waals surface area contributed by atoms with E-state index in [1.165, 1.54) is 5.39 Å². The van der Waals surface area contributed by atoms with E-state index in [2.05, 4.69) is 115 Å². The van der Waals surface area contributed by atoms with Crippen molar-refractivity contribution >= 4 is 60.2 Å². The largest absolute Gasteiger partial charge is 0.310 e. The van der Waals surface area contributed by atoms with Crippen molar-refractivity contribution in [3.05, 3.63) is 236 Å². The molecule has 0 saturated heterocycles. The highest BCUT2D eigenvalue weighted by Crippen LogP contribution is 2.48. The second-order valence-electron chi connectivity index (χ2n) is 14.9. The topological polar surface area (TPSA) is 3.24 Å². The Morgan fingerprint density at radius 1 is 0.237 bits per heavy atom. The molecule has 0 aromatic heterocycles. The Balaban J connectivity index is 1.18. The molecule has 0 fully saturated rings. The van der Waals surface area contributed by atoms with Crippen molar-refractivity contribution in [2.75, 3.05) is 4.90 Å². The van der Waals surface area contributed by atoms with Crippen molar-refractivity contribution in [1.82, 2.24) is 0 Å². The molecule has 0 amide bonds. The van der Waals surface area contributed by atoms with Crippen molar-refractivity contribution in [3.8, 4) is 44.5 Å². The van der Waals surface area contributed by atoms with Gasteiger partial charge in [0.25, 0.3) is 0 Å². The van der Waals surface area contributed by atoms with E-state index in [-0.39, 0.29) is 35.4 Å². The zero-order chi connectivity index (χ0) is 42.6. The van der Waals surface area contributed by atoms with Crippen LogP contribution in [0.5, 0.6) is 0 Å². The van der Waals surface area contributed by atoms with Gasteiger partial charge in [0.2, 0.25) is 0 Å². The van der Waals surface area contributed by atoms with E-state index in [1.54, 1.807) is 0 Å². The van der Waals surface area contributed by atoms with Gasteiger partial charge in [-0.25, -0.2) is 0 Å². The van der Waals surface area contributed by atoms with Crippen LogP contribution in [0.2, 0.25) is 0 Å². The molecule has 11 aromatic rings. The third-order valence-electron chi connectivity index (χ3n) is 11.5. The summed E-state index contributed by atoms with van der Waals surface area (Å²) in [6, 6.07) is 71.6. The molecule has 0 aliphatic rings. The molecule has 0 saturated carbocycles. The lowest BCUT2D eigenvalue weighted by atomic mass is 9.85. The minimum Gasteiger partial charge on any atom is -0.310 e.